The summed E-state index contributed by atoms with van der Waals surface area (Å²) >= 11 is 0. The third-order valence-electron chi connectivity index (χ3n) is 6.44. The number of pyridine rings is 1. The standard InChI is InChI=1S/C28H26F2N4O/c1-35-25-4-2-3-22(15-25)26-17-32-28(21-5-9-31-10-6-21)33-27(26)20-7-11-34(12-8-20)18-19-13-23(29)16-24(30)14-19/h2-6,9-10,13-17,20H,7-8,11-12,18H2,1H3. The van der Waals surface area contributed by atoms with Crippen molar-refractivity contribution in [2.24, 2.45) is 0 Å². The molecule has 0 saturated carbocycles. The van der Waals surface area contributed by atoms with E-state index in [0.717, 1.165) is 60.1 Å². The van der Waals surface area contributed by atoms with Crippen molar-refractivity contribution in [3.05, 3.63) is 96.1 Å². The molecule has 5 rings (SSSR count). The van der Waals surface area contributed by atoms with E-state index in [1.165, 1.54) is 12.1 Å². The maximum absolute atomic E-state index is 13.6. The lowest BCUT2D eigenvalue weighted by atomic mass is 9.88. The van der Waals surface area contributed by atoms with E-state index in [1.54, 1.807) is 19.5 Å². The smallest absolute Gasteiger partial charge is 0.159 e. The molecule has 0 spiro atoms. The van der Waals surface area contributed by atoms with Crippen LogP contribution in [0.4, 0.5) is 8.78 Å². The number of hydrogen-bond acceptors (Lipinski definition) is 5. The normalized spacial score (nSPS) is 14.7. The molecule has 1 aliphatic heterocycles. The first-order chi connectivity index (χ1) is 17.1. The largest absolute Gasteiger partial charge is 0.497 e. The van der Waals surface area contributed by atoms with Gasteiger partial charge < -0.3 is 4.74 Å². The molecule has 0 bridgehead atoms. The van der Waals surface area contributed by atoms with Crippen molar-refractivity contribution in [3.63, 3.8) is 0 Å². The first-order valence-electron chi connectivity index (χ1n) is 11.7. The Hall–Kier alpha value is -3.71. The van der Waals surface area contributed by atoms with Crippen LogP contribution in [0.2, 0.25) is 0 Å². The number of benzene rings is 2. The van der Waals surface area contributed by atoms with E-state index in [2.05, 4.69) is 14.9 Å². The number of likely N-dealkylation sites (tertiary alicyclic amines) is 1. The SMILES string of the molecule is COc1cccc(-c2cnc(-c3ccncc3)nc2C2CCN(Cc3cc(F)cc(F)c3)CC2)c1. The van der Waals surface area contributed by atoms with Gasteiger partial charge in [-0.3, -0.25) is 9.88 Å². The average Bonchev–Trinajstić information content (AvgIpc) is 2.89. The van der Waals surface area contributed by atoms with Crippen LogP contribution in [-0.4, -0.2) is 40.1 Å². The van der Waals surface area contributed by atoms with E-state index in [9.17, 15) is 8.78 Å². The van der Waals surface area contributed by atoms with Gasteiger partial charge in [0.05, 0.1) is 12.8 Å². The van der Waals surface area contributed by atoms with E-state index < -0.39 is 11.6 Å². The highest BCUT2D eigenvalue weighted by atomic mass is 19.1. The van der Waals surface area contributed by atoms with Crippen molar-refractivity contribution in [3.8, 4) is 28.3 Å². The lowest BCUT2D eigenvalue weighted by Crippen LogP contribution is -2.33. The van der Waals surface area contributed by atoms with Crippen LogP contribution in [0.3, 0.4) is 0 Å². The second kappa shape index (κ2) is 10.3. The van der Waals surface area contributed by atoms with Crippen LogP contribution >= 0.6 is 0 Å². The molecule has 0 atom stereocenters. The summed E-state index contributed by atoms with van der Waals surface area (Å²) in [6.07, 6.45) is 7.15. The quantitative estimate of drug-likeness (QED) is 0.351. The number of ether oxygens (including phenoxy) is 1. The van der Waals surface area contributed by atoms with E-state index in [4.69, 9.17) is 9.72 Å². The number of aromatic nitrogens is 3. The summed E-state index contributed by atoms with van der Waals surface area (Å²) in [5, 5.41) is 0. The molecule has 0 N–H and O–H groups in total. The summed E-state index contributed by atoms with van der Waals surface area (Å²) in [4.78, 5) is 16.0. The van der Waals surface area contributed by atoms with E-state index in [1.807, 2.05) is 42.6 Å². The molecule has 3 heterocycles. The predicted octanol–water partition coefficient (Wildman–Crippen LogP) is 5.87. The number of halogens is 2. The minimum atomic E-state index is -0.539. The van der Waals surface area contributed by atoms with Gasteiger partial charge in [0.25, 0.3) is 0 Å². The lowest BCUT2D eigenvalue weighted by molar-refractivity contribution is 0.203. The molecule has 0 unspecified atom stereocenters. The molecule has 178 valence electrons. The van der Waals surface area contributed by atoms with Crippen LogP contribution in [-0.2, 0) is 6.54 Å². The van der Waals surface area contributed by atoms with Crippen molar-refractivity contribution in [1.82, 2.24) is 19.9 Å². The molecule has 0 radical (unpaired) electrons. The highest BCUT2D eigenvalue weighted by Gasteiger charge is 2.25. The summed E-state index contributed by atoms with van der Waals surface area (Å²) in [7, 11) is 1.66. The maximum atomic E-state index is 13.6. The lowest BCUT2D eigenvalue weighted by Gasteiger charge is -2.32. The van der Waals surface area contributed by atoms with Gasteiger partial charge >= 0.3 is 0 Å². The third-order valence-corrected chi connectivity index (χ3v) is 6.44. The van der Waals surface area contributed by atoms with Crippen LogP contribution in [0.1, 0.15) is 30.0 Å². The zero-order valence-electron chi connectivity index (χ0n) is 19.5. The molecule has 1 aliphatic rings. The Bertz CT molecular complexity index is 1290. The molecule has 2 aromatic heterocycles. The van der Waals surface area contributed by atoms with Crippen LogP contribution in [0.15, 0.2) is 73.2 Å². The monoisotopic (exact) mass is 472 g/mol. The highest BCUT2D eigenvalue weighted by Crippen LogP contribution is 2.36. The third kappa shape index (κ3) is 5.35. The fourth-order valence-corrected chi connectivity index (χ4v) is 4.68. The Morgan fingerprint density at radius 2 is 1.69 bits per heavy atom. The molecule has 5 nitrogen and oxygen atoms in total. The molecule has 1 fully saturated rings. The summed E-state index contributed by atoms with van der Waals surface area (Å²) in [6, 6.07) is 15.5. The van der Waals surface area contributed by atoms with Crippen molar-refractivity contribution in [2.75, 3.05) is 20.2 Å². The fraction of sp³-hybridized carbons (Fsp3) is 0.250. The number of piperidine rings is 1. The van der Waals surface area contributed by atoms with Gasteiger partial charge in [0.1, 0.15) is 17.4 Å². The summed E-state index contributed by atoms with van der Waals surface area (Å²) < 4.78 is 32.7. The molecular weight excluding hydrogens is 446 g/mol. The Morgan fingerprint density at radius 3 is 2.40 bits per heavy atom. The zero-order valence-corrected chi connectivity index (χ0v) is 19.5. The van der Waals surface area contributed by atoms with Gasteiger partial charge in [-0.05, 0) is 73.5 Å². The second-order valence-electron chi connectivity index (χ2n) is 8.79. The molecule has 2 aromatic carbocycles. The van der Waals surface area contributed by atoms with Crippen molar-refractivity contribution >= 4 is 0 Å². The topological polar surface area (TPSA) is 51.1 Å². The second-order valence-corrected chi connectivity index (χ2v) is 8.79. The van der Waals surface area contributed by atoms with Crippen molar-refractivity contribution < 1.29 is 13.5 Å². The Labute approximate surface area is 203 Å². The van der Waals surface area contributed by atoms with Crippen LogP contribution in [0.5, 0.6) is 5.75 Å². The number of methoxy groups -OCH3 is 1. The Morgan fingerprint density at radius 1 is 0.943 bits per heavy atom. The fourth-order valence-electron chi connectivity index (χ4n) is 4.68. The van der Waals surface area contributed by atoms with Crippen molar-refractivity contribution in [1.29, 1.82) is 0 Å². The minimum absolute atomic E-state index is 0.236. The summed E-state index contributed by atoms with van der Waals surface area (Å²) in [6.45, 7) is 2.15. The van der Waals surface area contributed by atoms with Gasteiger partial charge in [-0.25, -0.2) is 18.7 Å². The van der Waals surface area contributed by atoms with Gasteiger partial charge in [-0.1, -0.05) is 12.1 Å². The Balaban J connectivity index is 1.42. The molecule has 1 saturated heterocycles. The average molecular weight is 473 g/mol. The minimum Gasteiger partial charge on any atom is -0.497 e. The van der Waals surface area contributed by atoms with Crippen LogP contribution in [0.25, 0.3) is 22.5 Å². The molecule has 0 aliphatic carbocycles. The van der Waals surface area contributed by atoms with Gasteiger partial charge in [0.15, 0.2) is 5.82 Å². The van der Waals surface area contributed by atoms with Gasteiger partial charge in [0.2, 0.25) is 0 Å². The van der Waals surface area contributed by atoms with E-state index in [0.29, 0.717) is 17.9 Å². The van der Waals surface area contributed by atoms with Gasteiger partial charge in [-0.15, -0.1) is 0 Å². The van der Waals surface area contributed by atoms with Gasteiger partial charge in [-0.2, -0.15) is 0 Å². The van der Waals surface area contributed by atoms with E-state index >= 15 is 0 Å². The molecule has 7 heteroatoms. The summed E-state index contributed by atoms with van der Waals surface area (Å²) in [5.74, 6) is 0.612. The Kier molecular flexibility index (Phi) is 6.77. The number of hydrogen-bond donors (Lipinski definition) is 0. The van der Waals surface area contributed by atoms with Crippen molar-refractivity contribution in [2.45, 2.75) is 25.3 Å². The molecular formula is C28H26F2N4O. The van der Waals surface area contributed by atoms with Gasteiger partial charge in [0, 0.05) is 48.2 Å². The first-order valence-corrected chi connectivity index (χ1v) is 11.7. The predicted molar refractivity (Wildman–Crippen MR) is 131 cm³/mol. The van der Waals surface area contributed by atoms with Crippen LogP contribution < -0.4 is 4.74 Å². The highest BCUT2D eigenvalue weighted by molar-refractivity contribution is 5.69. The van der Waals surface area contributed by atoms with Crippen LogP contribution in [0, 0.1) is 11.6 Å². The number of rotatable bonds is 6. The molecule has 4 aromatic rings. The number of nitrogens with zero attached hydrogens (tertiary/aromatic N) is 4. The first kappa shape index (κ1) is 23.1. The zero-order chi connectivity index (χ0) is 24.2. The summed E-state index contributed by atoms with van der Waals surface area (Å²) in [5.41, 5.74) is 4.59. The molecule has 35 heavy (non-hydrogen) atoms. The maximum Gasteiger partial charge on any atom is 0.159 e. The van der Waals surface area contributed by atoms with E-state index in [-0.39, 0.29) is 5.92 Å². The molecule has 0 amide bonds.